The number of carbonyl (C=O) groups excluding carboxylic acids is 9. The Kier molecular flexibility index (Phi) is 25.3. The summed E-state index contributed by atoms with van der Waals surface area (Å²) in [6, 6.07) is 0. The largest absolute Gasteiger partial charge is 0.468 e. The van der Waals surface area contributed by atoms with Crippen LogP contribution in [0.25, 0.3) is 0 Å². The fourth-order valence-corrected chi connectivity index (χ4v) is 35.1. The molecule has 3 aliphatic heterocycles. The third kappa shape index (κ3) is 14.8. The van der Waals surface area contributed by atoms with Gasteiger partial charge in [-0.25, -0.2) is 0 Å². The van der Waals surface area contributed by atoms with E-state index >= 15 is 0 Å². The van der Waals surface area contributed by atoms with Crippen molar-refractivity contribution in [3.8, 4) is 0 Å². The molecular weight excluding hydrogens is 1530 g/mol. The molecular formula is C101H154O20. The van der Waals surface area contributed by atoms with E-state index in [0.717, 1.165) is 193 Å². The molecule has 19 fully saturated rings. The van der Waals surface area contributed by atoms with Crippen molar-refractivity contribution in [2.45, 2.75) is 406 Å². The van der Waals surface area contributed by atoms with Crippen molar-refractivity contribution < 1.29 is 96.7 Å². The third-order valence-electron chi connectivity index (χ3n) is 41.4. The van der Waals surface area contributed by atoms with Gasteiger partial charge in [0.2, 0.25) is 0 Å². The number of carbonyl (C=O) groups is 9. The van der Waals surface area contributed by atoms with Crippen LogP contribution in [0.3, 0.4) is 0 Å². The van der Waals surface area contributed by atoms with E-state index in [1.807, 2.05) is 6.92 Å². The zero-order valence-corrected chi connectivity index (χ0v) is 76.0. The van der Waals surface area contributed by atoms with E-state index in [2.05, 4.69) is 48.5 Å². The van der Waals surface area contributed by atoms with Crippen LogP contribution in [0.1, 0.15) is 346 Å². The average molecular weight is 1690 g/mol. The number of Topliss-reactive ketones (excluding diaryl/α,β-unsaturated/α-hetero) is 8. The molecule has 4 N–H and O–H groups in total. The molecule has 0 spiro atoms. The lowest BCUT2D eigenvalue weighted by Crippen LogP contribution is -2.64. The van der Waals surface area contributed by atoms with E-state index in [0.29, 0.717) is 215 Å². The van der Waals surface area contributed by atoms with Gasteiger partial charge in [0.05, 0.1) is 24.9 Å². The predicted octanol–water partition coefficient (Wildman–Crippen LogP) is 16.6. The predicted molar refractivity (Wildman–Crippen MR) is 452 cm³/mol. The van der Waals surface area contributed by atoms with Gasteiger partial charge < -0.3 is 53.6 Å². The fraction of sp³-hybridized carbons (Fsp3) is 0.911. The Bertz CT molecular complexity index is 3900. The zero-order chi connectivity index (χ0) is 86.4. The minimum absolute atomic E-state index is 0.0167. The van der Waals surface area contributed by atoms with Crippen molar-refractivity contribution in [3.63, 3.8) is 0 Å². The molecule has 19 aliphatic rings. The maximum atomic E-state index is 13.6. The second-order valence-corrected chi connectivity index (χ2v) is 46.2. The van der Waals surface area contributed by atoms with Crippen LogP contribution in [0.5, 0.6) is 0 Å². The molecule has 121 heavy (non-hydrogen) atoms. The van der Waals surface area contributed by atoms with Gasteiger partial charge in [0.25, 0.3) is 6.47 Å². The molecule has 15 unspecified atom stereocenters. The molecule has 0 aromatic heterocycles. The molecule has 0 aromatic rings. The first-order valence-corrected chi connectivity index (χ1v) is 49.1. The second-order valence-electron chi connectivity index (χ2n) is 46.2. The molecule has 0 amide bonds. The maximum absolute atomic E-state index is 13.6. The van der Waals surface area contributed by atoms with E-state index in [9.17, 15) is 63.6 Å². The summed E-state index contributed by atoms with van der Waals surface area (Å²) in [6.07, 6.45) is 34.8. The first-order valence-electron chi connectivity index (χ1n) is 49.1. The van der Waals surface area contributed by atoms with E-state index in [-0.39, 0.29) is 93.1 Å². The summed E-state index contributed by atoms with van der Waals surface area (Å²) in [7, 11) is 0. The van der Waals surface area contributed by atoms with Crippen LogP contribution < -0.4 is 0 Å². The van der Waals surface area contributed by atoms with E-state index in [1.165, 1.54) is 13.8 Å². The summed E-state index contributed by atoms with van der Waals surface area (Å²) in [6.45, 7) is 27.5. The van der Waals surface area contributed by atoms with Crippen LogP contribution in [0, 0.1) is 144 Å². The molecule has 3 saturated heterocycles. The minimum atomic E-state index is -1.29. The lowest BCUT2D eigenvalue weighted by atomic mass is 9.42. The van der Waals surface area contributed by atoms with Crippen molar-refractivity contribution >= 4 is 52.7 Å². The molecule has 0 radical (unpaired) electrons. The van der Waals surface area contributed by atoms with Crippen LogP contribution >= 0.6 is 0 Å². The summed E-state index contributed by atoms with van der Waals surface area (Å²) in [5.41, 5.74) is -6.08. The van der Waals surface area contributed by atoms with Gasteiger partial charge in [0, 0.05) is 92.8 Å². The number of aliphatic hydroxyl groups excluding tert-OH is 1. The highest BCUT2D eigenvalue weighted by Crippen LogP contribution is 2.75. The van der Waals surface area contributed by atoms with Gasteiger partial charge in [0.15, 0.2) is 42.0 Å². The summed E-state index contributed by atoms with van der Waals surface area (Å²) in [4.78, 5) is 111. The number of ether oxygens (including phenoxy) is 7. The van der Waals surface area contributed by atoms with Crippen LogP contribution in [-0.4, -0.2) is 159 Å². The van der Waals surface area contributed by atoms with Gasteiger partial charge in [0.1, 0.15) is 45.5 Å². The highest BCUT2D eigenvalue weighted by Gasteiger charge is 2.75. The normalized spacial score (nSPS) is 51.8. The molecule has 20 nitrogen and oxygen atoms in total. The maximum Gasteiger partial charge on any atom is 0.293 e. The second kappa shape index (κ2) is 33.7. The first-order chi connectivity index (χ1) is 57.3. The summed E-state index contributed by atoms with van der Waals surface area (Å²) < 4.78 is 44.0. The number of rotatable bonds is 13. The van der Waals surface area contributed by atoms with Crippen molar-refractivity contribution in [2.75, 3.05) is 26.4 Å². The van der Waals surface area contributed by atoms with Gasteiger partial charge in [-0.05, 0) is 362 Å². The molecule has 3 heterocycles. The molecule has 678 valence electrons. The molecule has 16 saturated carbocycles. The quantitative estimate of drug-likeness (QED) is 0.125. The van der Waals surface area contributed by atoms with Crippen molar-refractivity contribution in [1.29, 1.82) is 0 Å². The first kappa shape index (κ1) is 90.8. The highest BCUT2D eigenvalue weighted by atomic mass is 16.7. The van der Waals surface area contributed by atoms with Crippen molar-refractivity contribution in [1.82, 2.24) is 0 Å². The lowest BCUT2D eigenvalue weighted by Gasteiger charge is -2.63. The molecule has 0 bridgehead atoms. The highest BCUT2D eigenvalue weighted by molar-refractivity contribution is 5.89. The van der Waals surface area contributed by atoms with Crippen LogP contribution in [0.4, 0.5) is 0 Å². The summed E-state index contributed by atoms with van der Waals surface area (Å²) >= 11 is 0. The third-order valence-corrected chi connectivity index (χ3v) is 41.4. The average Bonchev–Trinajstić information content (AvgIpc) is 1.60. The standard InChI is InChI=1S/C31H48O6.C26H40O5.C23H34O5.C21H32O4/c1-20(32)31(37-27-9-5-7-17-35-27)15-13-24-23-11-10-21-18-22(33)12-14-29(21,2)28(23)25(19-30(24,31)3)36-26-8-4-6-16-34-26;1-16(27)26(29)12-10-20-19-8-7-17-14-18(28)9-11-24(17,2)23(19)21(15-25(20,26)3)31-22-6-4-5-13-30-22;1-14(25)23(27)9-7-19-18-5-4-16-10-17(26)6-8-21(16,2)20(18)15(12-28-13-24)11-22(19,23)3;1-12(22)21(25)9-7-16-15-5-4-13-10-14(23)6-8-19(13,2)18(15)17(24)11-20(16,21)3/h21,23-28H,4-19H2,1-3H3;17,19-23,29H,4-15H2,1-3H3;13,15-16,18-20,27H,4-12H2,1-3H3;13,15-18,24-25H,4-11H2,1-3H3/t21-,23?,24?,25-,26?,27?,28?,29+,30+,31+;17-,19?,20?,21-,22?,23?,24+,25+,26+;15-,16+,18?,19?,20?,21-,22-,23-;13-,15?,16?,17-,18?,19+,20+,21+/m1101/s1. The van der Waals surface area contributed by atoms with Crippen LogP contribution in [0.15, 0.2) is 0 Å². The van der Waals surface area contributed by atoms with E-state index in [1.54, 1.807) is 13.8 Å². The number of fused-ring (bicyclic) bond motifs is 20. The Morgan fingerprint density at radius 2 is 0.711 bits per heavy atom. The zero-order valence-electron chi connectivity index (χ0n) is 76.0. The molecule has 16 aliphatic carbocycles. The summed E-state index contributed by atoms with van der Waals surface area (Å²) in [5, 5.41) is 45.3. The molecule has 20 heteroatoms. The number of hydrogen-bond acceptors (Lipinski definition) is 20. The van der Waals surface area contributed by atoms with Crippen molar-refractivity contribution in [3.05, 3.63) is 0 Å². The molecule has 35 atom stereocenters. The smallest absolute Gasteiger partial charge is 0.293 e. The minimum Gasteiger partial charge on any atom is -0.468 e. The van der Waals surface area contributed by atoms with Crippen LogP contribution in [0.2, 0.25) is 0 Å². The SMILES string of the molecule is CC(=O)[C@@]1(O)CCC2C3CC[C@@H]4CC(=O)CC[C@]4(C)C3[C@H](COC=O)C[C@@]21C.CC(=O)[C@@]1(O)CCC2C3CC[C@@H]4CC(=O)CC[C@]4(C)C3[C@H](O)C[C@@]21C.CC(=O)[C@@]1(O)CCC2C3CC[C@@H]4CC(=O)CC[C@]4(C)C3[C@H](OC3CCCCO3)C[C@@]21C.CC(=O)[C@@]1(OC2CCCCO2)CCC2C3CC[C@@H]4CC(=O)CC[C@]4(C)C3[C@H](OC3CCCCO3)C[C@@]21C. The van der Waals surface area contributed by atoms with Crippen molar-refractivity contribution in [2.24, 2.45) is 144 Å². The van der Waals surface area contributed by atoms with E-state index < -0.39 is 44.8 Å². The van der Waals surface area contributed by atoms with Crippen LogP contribution in [-0.2, 0) is 76.3 Å². The Balaban J connectivity index is 0.000000121. The summed E-state index contributed by atoms with van der Waals surface area (Å²) in [5.74, 6) is 7.64. The fourth-order valence-electron chi connectivity index (χ4n) is 35.1. The Hall–Kier alpha value is -3.57. The van der Waals surface area contributed by atoms with Gasteiger partial charge in [-0.3, -0.25) is 43.2 Å². The van der Waals surface area contributed by atoms with Gasteiger partial charge in [-0.1, -0.05) is 55.4 Å². The topological polar surface area (TPSA) is 299 Å². The molecule has 0 aromatic carbocycles. The molecule has 19 rings (SSSR count). The Labute approximate surface area is 722 Å². The Morgan fingerprint density at radius 1 is 0.380 bits per heavy atom. The monoisotopic (exact) mass is 1690 g/mol. The number of aliphatic hydroxyl groups is 4. The van der Waals surface area contributed by atoms with Gasteiger partial charge in [-0.15, -0.1) is 0 Å². The number of ketones is 8. The lowest BCUT2D eigenvalue weighted by molar-refractivity contribution is -0.283. The van der Waals surface area contributed by atoms with Gasteiger partial charge in [-0.2, -0.15) is 0 Å². The van der Waals surface area contributed by atoms with E-state index in [4.69, 9.17) is 33.2 Å². The number of hydrogen-bond donors (Lipinski definition) is 4. The van der Waals surface area contributed by atoms with Gasteiger partial charge >= 0.3 is 0 Å². The Morgan fingerprint density at radius 3 is 1.08 bits per heavy atom.